The van der Waals surface area contributed by atoms with Crippen LogP contribution in [0.4, 0.5) is 5.69 Å². The Hall–Kier alpha value is -0.540. The van der Waals surface area contributed by atoms with E-state index in [9.17, 15) is 0 Å². The minimum atomic E-state index is 0.846. The first-order valence-electron chi connectivity index (χ1n) is 5.29. The molecule has 0 unspecified atom stereocenters. The molecule has 0 spiro atoms. The van der Waals surface area contributed by atoms with Crippen molar-refractivity contribution in [3.05, 3.63) is 29.3 Å². The van der Waals surface area contributed by atoms with Gasteiger partial charge in [-0.2, -0.15) is 0 Å². The number of hydrogen-bond acceptors (Lipinski definition) is 2. The highest BCUT2D eigenvalue weighted by molar-refractivity contribution is 9.08. The van der Waals surface area contributed by atoms with Crippen molar-refractivity contribution < 1.29 is 4.74 Å². The third kappa shape index (κ3) is 2.52. The highest BCUT2D eigenvalue weighted by atomic mass is 79.9. The molecule has 1 saturated heterocycles. The van der Waals surface area contributed by atoms with Crippen LogP contribution in [-0.2, 0) is 10.1 Å². The summed E-state index contributed by atoms with van der Waals surface area (Å²) in [5.74, 6) is 0. The second-order valence-electron chi connectivity index (χ2n) is 3.84. The molecule has 1 aromatic carbocycles. The zero-order chi connectivity index (χ0) is 10.7. The molecule has 2 rings (SSSR count). The molecule has 82 valence electrons. The molecule has 0 atom stereocenters. The summed E-state index contributed by atoms with van der Waals surface area (Å²) in [7, 11) is 0. The summed E-state index contributed by atoms with van der Waals surface area (Å²) >= 11 is 3.50. The minimum absolute atomic E-state index is 0.846. The van der Waals surface area contributed by atoms with Crippen molar-refractivity contribution in [1.82, 2.24) is 0 Å². The average molecular weight is 270 g/mol. The van der Waals surface area contributed by atoms with Crippen molar-refractivity contribution in [2.24, 2.45) is 0 Å². The monoisotopic (exact) mass is 269 g/mol. The van der Waals surface area contributed by atoms with E-state index in [0.717, 1.165) is 31.6 Å². The third-order valence-electron chi connectivity index (χ3n) is 2.85. The predicted molar refractivity (Wildman–Crippen MR) is 66.8 cm³/mol. The van der Waals surface area contributed by atoms with Crippen LogP contribution in [0.1, 0.15) is 11.1 Å². The van der Waals surface area contributed by atoms with Crippen LogP contribution in [0.15, 0.2) is 18.2 Å². The maximum atomic E-state index is 5.35. The zero-order valence-corrected chi connectivity index (χ0v) is 10.6. The van der Waals surface area contributed by atoms with E-state index < -0.39 is 0 Å². The van der Waals surface area contributed by atoms with Crippen LogP contribution in [0.5, 0.6) is 0 Å². The lowest BCUT2D eigenvalue weighted by molar-refractivity contribution is 0.122. The van der Waals surface area contributed by atoms with Gasteiger partial charge in [0, 0.05) is 24.1 Å². The van der Waals surface area contributed by atoms with Crippen LogP contribution in [0.25, 0.3) is 0 Å². The highest BCUT2D eigenvalue weighted by Crippen LogP contribution is 2.21. The number of rotatable bonds is 2. The van der Waals surface area contributed by atoms with Gasteiger partial charge in [0.05, 0.1) is 13.2 Å². The number of anilines is 1. The molecule has 3 heteroatoms. The van der Waals surface area contributed by atoms with E-state index >= 15 is 0 Å². The molecule has 0 amide bonds. The molecule has 0 N–H and O–H groups in total. The first-order chi connectivity index (χ1) is 7.31. The van der Waals surface area contributed by atoms with E-state index in [1.54, 1.807) is 0 Å². The van der Waals surface area contributed by atoms with Crippen molar-refractivity contribution in [2.45, 2.75) is 12.3 Å². The van der Waals surface area contributed by atoms with E-state index in [1.165, 1.54) is 16.8 Å². The van der Waals surface area contributed by atoms with Crippen LogP contribution < -0.4 is 4.90 Å². The Kier molecular flexibility index (Phi) is 3.65. The molecular formula is C12H16BrNO. The summed E-state index contributed by atoms with van der Waals surface area (Å²) in [5, 5.41) is 0.933. The van der Waals surface area contributed by atoms with Gasteiger partial charge in [-0.1, -0.05) is 22.0 Å². The van der Waals surface area contributed by atoms with Crippen LogP contribution in [0, 0.1) is 6.92 Å². The van der Waals surface area contributed by atoms with Crippen molar-refractivity contribution >= 4 is 21.6 Å². The van der Waals surface area contributed by atoms with Gasteiger partial charge in [0.1, 0.15) is 0 Å². The summed E-state index contributed by atoms with van der Waals surface area (Å²) in [5.41, 5.74) is 4.04. The summed E-state index contributed by atoms with van der Waals surface area (Å²) in [6, 6.07) is 6.67. The molecule has 1 heterocycles. The lowest BCUT2D eigenvalue weighted by atomic mass is 10.1. The summed E-state index contributed by atoms with van der Waals surface area (Å²) in [6.07, 6.45) is 0. The fourth-order valence-corrected chi connectivity index (χ4v) is 2.48. The molecule has 0 aromatic heterocycles. The standard InChI is InChI=1S/C12H16BrNO/c1-10-8-12(3-2-11(10)9-13)14-4-6-15-7-5-14/h2-3,8H,4-7,9H2,1H3. The van der Waals surface area contributed by atoms with E-state index in [0.29, 0.717) is 0 Å². The fourth-order valence-electron chi connectivity index (χ4n) is 1.85. The summed E-state index contributed by atoms with van der Waals surface area (Å²) in [4.78, 5) is 2.38. The average Bonchev–Trinajstić information content (AvgIpc) is 2.30. The van der Waals surface area contributed by atoms with Gasteiger partial charge in [-0.25, -0.2) is 0 Å². The van der Waals surface area contributed by atoms with Gasteiger partial charge in [0.25, 0.3) is 0 Å². The Morgan fingerprint density at radius 1 is 1.33 bits per heavy atom. The topological polar surface area (TPSA) is 12.5 Å². The van der Waals surface area contributed by atoms with Crippen LogP contribution >= 0.6 is 15.9 Å². The van der Waals surface area contributed by atoms with E-state index in [4.69, 9.17) is 4.74 Å². The molecule has 0 bridgehead atoms. The van der Waals surface area contributed by atoms with Gasteiger partial charge in [-0.3, -0.25) is 0 Å². The smallest absolute Gasteiger partial charge is 0.0642 e. The third-order valence-corrected chi connectivity index (χ3v) is 3.45. The first kappa shape index (κ1) is 11.0. The molecule has 2 nitrogen and oxygen atoms in total. The van der Waals surface area contributed by atoms with Crippen molar-refractivity contribution in [3.63, 3.8) is 0 Å². The fraction of sp³-hybridized carbons (Fsp3) is 0.500. The number of hydrogen-bond donors (Lipinski definition) is 0. The van der Waals surface area contributed by atoms with E-state index in [2.05, 4.69) is 46.0 Å². The molecule has 1 aliphatic heterocycles. The van der Waals surface area contributed by atoms with Crippen molar-refractivity contribution in [2.75, 3.05) is 31.2 Å². The Labute approximate surface area is 99.4 Å². The molecule has 1 aromatic rings. The molecule has 15 heavy (non-hydrogen) atoms. The number of halogens is 1. The Morgan fingerprint density at radius 2 is 2.07 bits per heavy atom. The maximum Gasteiger partial charge on any atom is 0.0642 e. The van der Waals surface area contributed by atoms with Gasteiger partial charge in [0.15, 0.2) is 0 Å². The molecule has 0 radical (unpaired) electrons. The van der Waals surface area contributed by atoms with Crippen LogP contribution in [0.2, 0.25) is 0 Å². The second-order valence-corrected chi connectivity index (χ2v) is 4.40. The van der Waals surface area contributed by atoms with Crippen LogP contribution in [-0.4, -0.2) is 26.3 Å². The Morgan fingerprint density at radius 3 is 2.67 bits per heavy atom. The molecule has 1 fully saturated rings. The number of ether oxygens (including phenoxy) is 1. The molecular weight excluding hydrogens is 254 g/mol. The minimum Gasteiger partial charge on any atom is -0.378 e. The number of benzene rings is 1. The second kappa shape index (κ2) is 4.99. The van der Waals surface area contributed by atoms with Crippen molar-refractivity contribution in [3.8, 4) is 0 Å². The SMILES string of the molecule is Cc1cc(N2CCOCC2)ccc1CBr. The van der Waals surface area contributed by atoms with Gasteiger partial charge in [-0.15, -0.1) is 0 Å². The van der Waals surface area contributed by atoms with Gasteiger partial charge in [0.2, 0.25) is 0 Å². The van der Waals surface area contributed by atoms with Crippen molar-refractivity contribution in [1.29, 1.82) is 0 Å². The predicted octanol–water partition coefficient (Wildman–Crippen LogP) is 2.73. The summed E-state index contributed by atoms with van der Waals surface area (Å²) < 4.78 is 5.35. The zero-order valence-electron chi connectivity index (χ0n) is 9.00. The largest absolute Gasteiger partial charge is 0.378 e. The maximum absolute atomic E-state index is 5.35. The first-order valence-corrected chi connectivity index (χ1v) is 6.41. The Bertz CT molecular complexity index is 334. The molecule has 0 aliphatic carbocycles. The van der Waals surface area contributed by atoms with Gasteiger partial charge >= 0.3 is 0 Å². The quantitative estimate of drug-likeness (QED) is 0.766. The van der Waals surface area contributed by atoms with Crippen LogP contribution in [0.3, 0.4) is 0 Å². The van der Waals surface area contributed by atoms with E-state index in [-0.39, 0.29) is 0 Å². The summed E-state index contributed by atoms with van der Waals surface area (Å²) in [6.45, 7) is 5.87. The lowest BCUT2D eigenvalue weighted by Gasteiger charge is -2.29. The van der Waals surface area contributed by atoms with Gasteiger partial charge in [-0.05, 0) is 30.2 Å². The molecule has 0 saturated carbocycles. The number of aryl methyl sites for hydroxylation is 1. The normalized spacial score (nSPS) is 16.8. The van der Waals surface area contributed by atoms with E-state index in [1.807, 2.05) is 0 Å². The number of nitrogens with zero attached hydrogens (tertiary/aromatic N) is 1. The number of alkyl halides is 1. The number of morpholine rings is 1. The van der Waals surface area contributed by atoms with Gasteiger partial charge < -0.3 is 9.64 Å². The highest BCUT2D eigenvalue weighted by Gasteiger charge is 2.11. The lowest BCUT2D eigenvalue weighted by Crippen LogP contribution is -2.36. The Balaban J connectivity index is 2.17. The molecule has 1 aliphatic rings.